The molecule has 0 saturated carbocycles. The zero-order chi connectivity index (χ0) is 56.1. The first-order valence-electron chi connectivity index (χ1n) is 31.3. The molecule has 6 atom stereocenters. The number of aliphatic carboxylic acids is 1. The van der Waals surface area contributed by atoms with Crippen LogP contribution in [0, 0.1) is 0 Å². The lowest BCUT2D eigenvalue weighted by Crippen LogP contribution is -2.61. The molecule has 1 heterocycles. The van der Waals surface area contributed by atoms with Gasteiger partial charge in [0.05, 0.1) is 6.61 Å². The molecule has 0 spiro atoms. The SMILES string of the molecule is CC/C=C\C/C=C\C/C=C\C/C=C\CCCCC(=O)OC1C(OCC(COC(=O)CCCCCCCCCCCCCCCCCCCCC)OC(=O)CCCCCCC/C=C\CCCCCC)OC(C(=O)O)C(O)C1O. The molecule has 1 aliphatic rings. The van der Waals surface area contributed by atoms with Gasteiger partial charge in [0, 0.05) is 19.3 Å². The molecule has 1 aliphatic heterocycles. The van der Waals surface area contributed by atoms with Crippen LogP contribution in [0.1, 0.15) is 278 Å². The van der Waals surface area contributed by atoms with Gasteiger partial charge in [0.2, 0.25) is 0 Å². The van der Waals surface area contributed by atoms with Crippen LogP contribution in [0.25, 0.3) is 0 Å². The Morgan fingerprint density at radius 2 is 0.818 bits per heavy atom. The number of carbonyl (C=O) groups excluding carboxylic acids is 3. The quantitative estimate of drug-likeness (QED) is 0.0228. The topological polar surface area (TPSA) is 175 Å². The number of hydrogen-bond donors (Lipinski definition) is 3. The van der Waals surface area contributed by atoms with Gasteiger partial charge in [-0.05, 0) is 83.5 Å². The Hall–Kier alpha value is -3.58. The molecule has 1 rings (SSSR count). The Kier molecular flexibility index (Phi) is 49.2. The van der Waals surface area contributed by atoms with Gasteiger partial charge < -0.3 is 39.0 Å². The monoisotopic (exact) mass is 1080 g/mol. The van der Waals surface area contributed by atoms with Crippen LogP contribution in [0.15, 0.2) is 60.8 Å². The van der Waals surface area contributed by atoms with Crippen molar-refractivity contribution in [2.75, 3.05) is 13.2 Å². The van der Waals surface area contributed by atoms with Gasteiger partial charge in [-0.15, -0.1) is 0 Å². The molecule has 0 radical (unpaired) electrons. The molecule has 1 fully saturated rings. The van der Waals surface area contributed by atoms with Crippen molar-refractivity contribution in [2.24, 2.45) is 0 Å². The summed E-state index contributed by atoms with van der Waals surface area (Å²) in [5.74, 6) is -3.17. The van der Waals surface area contributed by atoms with Crippen molar-refractivity contribution in [3.05, 3.63) is 60.8 Å². The Balaban J connectivity index is 2.67. The molecule has 6 unspecified atom stereocenters. The molecule has 0 aromatic rings. The van der Waals surface area contributed by atoms with Gasteiger partial charge in [0.25, 0.3) is 0 Å². The number of aliphatic hydroxyl groups excluding tert-OH is 2. The third kappa shape index (κ3) is 43.0. The predicted octanol–water partition coefficient (Wildman–Crippen LogP) is 16.3. The number of allylic oxidation sites excluding steroid dienone is 10. The van der Waals surface area contributed by atoms with E-state index in [0.29, 0.717) is 25.7 Å². The van der Waals surface area contributed by atoms with Gasteiger partial charge in [-0.1, -0.05) is 236 Å². The van der Waals surface area contributed by atoms with Crippen molar-refractivity contribution >= 4 is 23.9 Å². The number of carbonyl (C=O) groups is 4. The molecule has 0 aliphatic carbocycles. The van der Waals surface area contributed by atoms with Crippen molar-refractivity contribution in [1.82, 2.24) is 0 Å². The summed E-state index contributed by atoms with van der Waals surface area (Å²) in [7, 11) is 0. The number of carboxylic acid groups (broad SMARTS) is 1. The molecule has 444 valence electrons. The lowest BCUT2D eigenvalue weighted by Gasteiger charge is -2.40. The first kappa shape index (κ1) is 71.4. The average molecular weight is 1090 g/mol. The molecule has 1 saturated heterocycles. The molecule has 12 nitrogen and oxygen atoms in total. The summed E-state index contributed by atoms with van der Waals surface area (Å²) in [6.07, 6.45) is 53.4. The van der Waals surface area contributed by atoms with Crippen LogP contribution in [-0.4, -0.2) is 89.2 Å². The Morgan fingerprint density at radius 3 is 1.30 bits per heavy atom. The van der Waals surface area contributed by atoms with Gasteiger partial charge in [-0.25, -0.2) is 4.79 Å². The molecule has 0 aromatic carbocycles. The molecule has 0 amide bonds. The maximum atomic E-state index is 13.1. The van der Waals surface area contributed by atoms with E-state index < -0.39 is 67.3 Å². The predicted molar refractivity (Wildman–Crippen MR) is 312 cm³/mol. The molecule has 0 bridgehead atoms. The Labute approximate surface area is 468 Å². The zero-order valence-corrected chi connectivity index (χ0v) is 49.0. The summed E-state index contributed by atoms with van der Waals surface area (Å²) in [6.45, 7) is 5.86. The largest absolute Gasteiger partial charge is 0.479 e. The Morgan fingerprint density at radius 1 is 0.442 bits per heavy atom. The molecule has 0 aromatic heterocycles. The molecule has 3 N–H and O–H groups in total. The summed E-state index contributed by atoms with van der Waals surface area (Å²) in [4.78, 5) is 51.2. The van der Waals surface area contributed by atoms with Gasteiger partial charge in [0.15, 0.2) is 24.6 Å². The van der Waals surface area contributed by atoms with E-state index in [2.05, 4.69) is 81.5 Å². The minimum Gasteiger partial charge on any atom is -0.479 e. The van der Waals surface area contributed by atoms with E-state index >= 15 is 0 Å². The third-order valence-corrected chi connectivity index (χ3v) is 14.1. The highest BCUT2D eigenvalue weighted by atomic mass is 16.7. The smallest absolute Gasteiger partial charge is 0.335 e. The fourth-order valence-corrected chi connectivity index (χ4v) is 9.30. The van der Waals surface area contributed by atoms with E-state index in [1.165, 1.54) is 122 Å². The number of carboxylic acids is 1. The van der Waals surface area contributed by atoms with Crippen molar-refractivity contribution in [3.63, 3.8) is 0 Å². The van der Waals surface area contributed by atoms with Crippen LogP contribution in [0.5, 0.6) is 0 Å². The van der Waals surface area contributed by atoms with Crippen molar-refractivity contribution in [1.29, 1.82) is 0 Å². The summed E-state index contributed by atoms with van der Waals surface area (Å²) in [6, 6.07) is 0. The van der Waals surface area contributed by atoms with Crippen LogP contribution in [-0.2, 0) is 42.9 Å². The van der Waals surface area contributed by atoms with Crippen molar-refractivity contribution < 1.29 is 58.2 Å². The van der Waals surface area contributed by atoms with E-state index in [1.54, 1.807) is 0 Å². The minimum absolute atomic E-state index is 0.00779. The maximum absolute atomic E-state index is 13.1. The lowest BCUT2D eigenvalue weighted by atomic mass is 9.98. The second kappa shape index (κ2) is 53.1. The number of aliphatic hydroxyl groups is 2. The van der Waals surface area contributed by atoms with E-state index in [9.17, 15) is 34.5 Å². The second-order valence-electron chi connectivity index (χ2n) is 21.3. The zero-order valence-electron chi connectivity index (χ0n) is 49.0. The number of hydrogen-bond acceptors (Lipinski definition) is 11. The number of esters is 3. The standard InChI is InChI=1S/C65H112O12/c1-4-7-10-13-16-19-22-25-27-28-29-30-32-34-36-39-42-45-48-51-57(66)73-54-56(75-58(67)52-49-46-43-40-37-33-24-21-18-15-12-9-6-3)55-74-65-63(61(70)60(69)62(77-65)64(71)72)76-59(68)53-50-47-44-41-38-35-31-26-23-20-17-14-11-8-5-2/h8,11,17,20-21,24,26,31,38,41,56,60-63,65,69-70H,4-7,9-10,12-16,18-19,22-23,25,27-30,32-37,39-40,42-55H2,1-3H3,(H,71,72)/b11-8-,20-17-,24-21-,31-26-,41-38-. The molecule has 77 heavy (non-hydrogen) atoms. The van der Waals surface area contributed by atoms with Gasteiger partial charge in [-0.2, -0.15) is 0 Å². The highest BCUT2D eigenvalue weighted by Gasteiger charge is 2.50. The van der Waals surface area contributed by atoms with Crippen molar-refractivity contribution in [3.8, 4) is 0 Å². The van der Waals surface area contributed by atoms with Crippen LogP contribution < -0.4 is 0 Å². The van der Waals surface area contributed by atoms with E-state index in [0.717, 1.165) is 89.9 Å². The van der Waals surface area contributed by atoms with Gasteiger partial charge >= 0.3 is 23.9 Å². The summed E-state index contributed by atoms with van der Waals surface area (Å²) in [5, 5.41) is 31.5. The van der Waals surface area contributed by atoms with Gasteiger partial charge in [0.1, 0.15) is 18.8 Å². The second-order valence-corrected chi connectivity index (χ2v) is 21.3. The normalized spacial score (nSPS) is 18.4. The number of rotatable bonds is 53. The Bertz CT molecular complexity index is 1570. The molecule has 12 heteroatoms. The first-order valence-corrected chi connectivity index (χ1v) is 31.3. The van der Waals surface area contributed by atoms with E-state index in [1.807, 2.05) is 0 Å². The maximum Gasteiger partial charge on any atom is 0.335 e. The van der Waals surface area contributed by atoms with E-state index in [-0.39, 0.29) is 25.9 Å². The third-order valence-electron chi connectivity index (χ3n) is 14.1. The van der Waals surface area contributed by atoms with Crippen LogP contribution in [0.2, 0.25) is 0 Å². The highest BCUT2D eigenvalue weighted by molar-refractivity contribution is 5.74. The minimum atomic E-state index is -1.92. The lowest BCUT2D eigenvalue weighted by molar-refractivity contribution is -0.301. The number of unbranched alkanes of at least 4 members (excludes halogenated alkanes) is 29. The first-order chi connectivity index (χ1) is 37.6. The average Bonchev–Trinajstić information content (AvgIpc) is 3.42. The fourth-order valence-electron chi connectivity index (χ4n) is 9.30. The van der Waals surface area contributed by atoms with Gasteiger partial charge in [-0.3, -0.25) is 14.4 Å². The van der Waals surface area contributed by atoms with Crippen LogP contribution in [0.4, 0.5) is 0 Å². The fraction of sp³-hybridized carbons (Fsp3) is 0.785. The summed E-state index contributed by atoms with van der Waals surface area (Å²) < 4.78 is 28.4. The summed E-state index contributed by atoms with van der Waals surface area (Å²) in [5.41, 5.74) is 0. The van der Waals surface area contributed by atoms with E-state index in [4.69, 9.17) is 23.7 Å². The van der Waals surface area contributed by atoms with Crippen LogP contribution in [0.3, 0.4) is 0 Å². The molecular weight excluding hydrogens is 973 g/mol. The van der Waals surface area contributed by atoms with Crippen LogP contribution >= 0.6 is 0 Å². The highest BCUT2D eigenvalue weighted by Crippen LogP contribution is 2.26. The number of ether oxygens (including phenoxy) is 5. The summed E-state index contributed by atoms with van der Waals surface area (Å²) >= 11 is 0. The van der Waals surface area contributed by atoms with Crippen molar-refractivity contribution in [2.45, 2.75) is 314 Å². The molecular formula is C65H112O12.